The van der Waals surface area contributed by atoms with Gasteiger partial charge in [-0.25, -0.2) is 0 Å². The Morgan fingerprint density at radius 2 is 2.33 bits per heavy atom. The van der Waals surface area contributed by atoms with Crippen LogP contribution in [0.25, 0.3) is 0 Å². The molecule has 0 aromatic rings. The van der Waals surface area contributed by atoms with E-state index < -0.39 is 0 Å². The molecule has 0 radical (unpaired) electrons. The number of hydrogen-bond acceptors (Lipinski definition) is 4. The van der Waals surface area contributed by atoms with E-state index in [0.717, 1.165) is 29.8 Å². The lowest BCUT2D eigenvalue weighted by atomic mass is 10.4. The predicted molar refractivity (Wildman–Crippen MR) is 67.9 cm³/mol. The third-order valence-electron chi connectivity index (χ3n) is 2.16. The van der Waals surface area contributed by atoms with Crippen molar-refractivity contribution in [3.8, 4) is 0 Å². The number of carbonyl (C=O) groups excluding carboxylic acids is 1. The van der Waals surface area contributed by atoms with Gasteiger partial charge in [-0.3, -0.25) is 10.1 Å². The fraction of sp³-hybridized carbons (Fsp3) is 0.778. The van der Waals surface area contributed by atoms with Gasteiger partial charge in [0.1, 0.15) is 4.32 Å². The average molecular weight is 247 g/mol. The molecule has 1 N–H and O–H groups in total. The molecule has 4 nitrogen and oxygen atoms in total. The van der Waals surface area contributed by atoms with Gasteiger partial charge in [-0.2, -0.15) is 0 Å². The molecular weight excluding hydrogens is 230 g/mol. The normalized spacial score (nSPS) is 15.5. The number of thioether (sulfide) groups is 1. The Morgan fingerprint density at radius 3 is 2.87 bits per heavy atom. The second-order valence-electron chi connectivity index (χ2n) is 3.57. The van der Waals surface area contributed by atoms with Gasteiger partial charge in [0.05, 0.1) is 6.67 Å². The standard InChI is InChI=1S/C9H17N3OS2/c1-11(2)8(13)3-6-15-9(14)12-5-4-10-7-12/h10H,3-7H2,1-2H3. The molecule has 1 amide bonds. The van der Waals surface area contributed by atoms with Crippen LogP contribution in [0, 0.1) is 0 Å². The summed E-state index contributed by atoms with van der Waals surface area (Å²) < 4.78 is 0.895. The highest BCUT2D eigenvalue weighted by atomic mass is 32.2. The largest absolute Gasteiger partial charge is 0.349 e. The van der Waals surface area contributed by atoms with Gasteiger partial charge in [0.25, 0.3) is 0 Å². The molecule has 0 saturated carbocycles. The van der Waals surface area contributed by atoms with E-state index >= 15 is 0 Å². The Kier molecular flexibility index (Phi) is 5.35. The van der Waals surface area contributed by atoms with Crippen LogP contribution in [0.15, 0.2) is 0 Å². The number of amides is 1. The summed E-state index contributed by atoms with van der Waals surface area (Å²) in [6.45, 7) is 2.82. The van der Waals surface area contributed by atoms with Gasteiger partial charge in [0.2, 0.25) is 5.91 Å². The zero-order valence-electron chi connectivity index (χ0n) is 9.15. The first-order valence-corrected chi connectivity index (χ1v) is 6.33. The minimum Gasteiger partial charge on any atom is -0.349 e. The summed E-state index contributed by atoms with van der Waals surface area (Å²) in [5.41, 5.74) is 0. The van der Waals surface area contributed by atoms with E-state index in [-0.39, 0.29) is 5.91 Å². The summed E-state index contributed by atoms with van der Waals surface area (Å²) in [5.74, 6) is 0.927. The van der Waals surface area contributed by atoms with Gasteiger partial charge < -0.3 is 9.80 Å². The maximum atomic E-state index is 11.3. The van der Waals surface area contributed by atoms with Gasteiger partial charge in [-0.05, 0) is 0 Å². The molecule has 0 aromatic carbocycles. The molecule has 0 spiro atoms. The summed E-state index contributed by atoms with van der Waals surface area (Å²) in [5, 5.41) is 3.22. The summed E-state index contributed by atoms with van der Waals surface area (Å²) in [4.78, 5) is 15.0. The molecule has 1 aliphatic rings. The molecule has 86 valence electrons. The van der Waals surface area contributed by atoms with Crippen molar-refractivity contribution in [1.82, 2.24) is 15.1 Å². The van der Waals surface area contributed by atoms with Crippen molar-refractivity contribution < 1.29 is 4.79 Å². The Hall–Kier alpha value is -0.330. The topological polar surface area (TPSA) is 35.6 Å². The maximum absolute atomic E-state index is 11.3. The van der Waals surface area contributed by atoms with Crippen molar-refractivity contribution in [1.29, 1.82) is 0 Å². The highest BCUT2D eigenvalue weighted by molar-refractivity contribution is 8.22. The van der Waals surface area contributed by atoms with Crippen LogP contribution in [-0.4, -0.2) is 59.6 Å². The lowest BCUT2D eigenvalue weighted by Crippen LogP contribution is -2.27. The first-order valence-electron chi connectivity index (χ1n) is 4.94. The van der Waals surface area contributed by atoms with Crippen LogP contribution in [0.1, 0.15) is 6.42 Å². The number of carbonyl (C=O) groups is 1. The molecule has 6 heteroatoms. The fourth-order valence-corrected chi connectivity index (χ4v) is 2.40. The summed E-state index contributed by atoms with van der Waals surface area (Å²) >= 11 is 6.84. The van der Waals surface area contributed by atoms with E-state index in [2.05, 4.69) is 10.2 Å². The zero-order chi connectivity index (χ0) is 11.3. The molecular formula is C9H17N3OS2. The smallest absolute Gasteiger partial charge is 0.222 e. The van der Waals surface area contributed by atoms with Crippen molar-refractivity contribution in [2.24, 2.45) is 0 Å². The zero-order valence-corrected chi connectivity index (χ0v) is 10.8. The molecule has 0 unspecified atom stereocenters. The third-order valence-corrected chi connectivity index (χ3v) is 3.68. The number of nitrogens with zero attached hydrogens (tertiary/aromatic N) is 2. The quantitative estimate of drug-likeness (QED) is 0.728. The van der Waals surface area contributed by atoms with Crippen LogP contribution < -0.4 is 5.32 Å². The van der Waals surface area contributed by atoms with E-state index in [0.29, 0.717) is 6.42 Å². The Bertz CT molecular complexity index is 240. The van der Waals surface area contributed by atoms with Crippen LogP contribution >= 0.6 is 24.0 Å². The summed E-state index contributed by atoms with van der Waals surface area (Å²) in [6.07, 6.45) is 0.555. The molecule has 1 fully saturated rings. The van der Waals surface area contributed by atoms with Gasteiger partial charge in [-0.1, -0.05) is 24.0 Å². The molecule has 0 aromatic heterocycles. The average Bonchev–Trinajstić information content (AvgIpc) is 2.70. The minimum atomic E-state index is 0.157. The van der Waals surface area contributed by atoms with E-state index in [1.807, 2.05) is 0 Å². The molecule has 0 aliphatic carbocycles. The van der Waals surface area contributed by atoms with Crippen molar-refractivity contribution in [3.05, 3.63) is 0 Å². The summed E-state index contributed by atoms with van der Waals surface area (Å²) in [6, 6.07) is 0. The number of thiocarbonyl (C=S) groups is 1. The Labute approximate surface area is 100 Å². The van der Waals surface area contributed by atoms with Gasteiger partial charge in [0, 0.05) is 39.4 Å². The van der Waals surface area contributed by atoms with Gasteiger partial charge >= 0.3 is 0 Å². The molecule has 1 heterocycles. The highest BCUT2D eigenvalue weighted by Crippen LogP contribution is 2.12. The highest BCUT2D eigenvalue weighted by Gasteiger charge is 2.14. The molecule has 1 saturated heterocycles. The third kappa shape index (κ3) is 4.36. The van der Waals surface area contributed by atoms with E-state index in [1.165, 1.54) is 0 Å². The van der Waals surface area contributed by atoms with Crippen molar-refractivity contribution in [2.75, 3.05) is 39.6 Å². The maximum Gasteiger partial charge on any atom is 0.222 e. The number of rotatable bonds is 3. The lowest BCUT2D eigenvalue weighted by Gasteiger charge is -2.17. The van der Waals surface area contributed by atoms with Crippen LogP contribution in [0.3, 0.4) is 0 Å². The minimum absolute atomic E-state index is 0.157. The monoisotopic (exact) mass is 247 g/mol. The van der Waals surface area contributed by atoms with Crippen LogP contribution in [0.5, 0.6) is 0 Å². The Balaban J connectivity index is 2.14. The first-order chi connectivity index (χ1) is 7.11. The molecule has 15 heavy (non-hydrogen) atoms. The van der Waals surface area contributed by atoms with Crippen molar-refractivity contribution in [3.63, 3.8) is 0 Å². The van der Waals surface area contributed by atoms with Gasteiger partial charge in [0.15, 0.2) is 0 Å². The second kappa shape index (κ2) is 6.30. The molecule has 1 aliphatic heterocycles. The number of nitrogens with one attached hydrogen (secondary N) is 1. The molecule has 0 atom stereocenters. The molecule has 1 rings (SSSR count). The van der Waals surface area contributed by atoms with Crippen molar-refractivity contribution in [2.45, 2.75) is 6.42 Å². The number of hydrogen-bond donors (Lipinski definition) is 1. The van der Waals surface area contributed by atoms with Gasteiger partial charge in [-0.15, -0.1) is 0 Å². The van der Waals surface area contributed by atoms with Crippen molar-refractivity contribution >= 4 is 34.2 Å². The second-order valence-corrected chi connectivity index (χ2v) is 5.30. The van der Waals surface area contributed by atoms with E-state index in [9.17, 15) is 4.79 Å². The van der Waals surface area contributed by atoms with Crippen LogP contribution in [0.2, 0.25) is 0 Å². The Morgan fingerprint density at radius 1 is 1.60 bits per heavy atom. The molecule has 0 bridgehead atoms. The van der Waals surface area contributed by atoms with E-state index in [4.69, 9.17) is 12.2 Å². The van der Waals surface area contributed by atoms with Crippen LogP contribution in [0.4, 0.5) is 0 Å². The fourth-order valence-electron chi connectivity index (χ4n) is 1.20. The first kappa shape index (κ1) is 12.7. The summed E-state index contributed by atoms with van der Waals surface area (Å²) in [7, 11) is 3.55. The SMILES string of the molecule is CN(C)C(=O)CCSC(=S)N1CCNC1. The van der Waals surface area contributed by atoms with Crippen LogP contribution in [-0.2, 0) is 4.79 Å². The predicted octanol–water partition coefficient (Wildman–Crippen LogP) is 0.345. The lowest BCUT2D eigenvalue weighted by molar-refractivity contribution is -0.128. The van der Waals surface area contributed by atoms with E-state index in [1.54, 1.807) is 30.8 Å².